The molecule has 3 N–H and O–H groups in total. The lowest BCUT2D eigenvalue weighted by Crippen LogP contribution is -2.08. The van der Waals surface area contributed by atoms with Gasteiger partial charge >= 0.3 is 0 Å². The number of rotatable bonds is 7. The molecular formula is C23H19FN10O. The fourth-order valence-corrected chi connectivity index (χ4v) is 3.37. The topological polar surface area (TPSA) is 127 Å². The summed E-state index contributed by atoms with van der Waals surface area (Å²) in [6, 6.07) is 7.83. The lowest BCUT2D eigenvalue weighted by atomic mass is 10.1. The van der Waals surface area contributed by atoms with Gasteiger partial charge in [0, 0.05) is 36.9 Å². The first-order valence-electron chi connectivity index (χ1n) is 10.4. The first-order valence-corrected chi connectivity index (χ1v) is 10.4. The van der Waals surface area contributed by atoms with E-state index in [4.69, 9.17) is 0 Å². The van der Waals surface area contributed by atoms with Gasteiger partial charge in [-0.05, 0) is 42.0 Å². The number of halogens is 1. The van der Waals surface area contributed by atoms with Crippen LogP contribution in [0, 0.1) is 5.82 Å². The van der Waals surface area contributed by atoms with Crippen LogP contribution in [0.3, 0.4) is 0 Å². The molecule has 1 amide bonds. The molecule has 0 bridgehead atoms. The molecule has 11 nitrogen and oxygen atoms in total. The average molecular weight is 470 g/mol. The van der Waals surface area contributed by atoms with Gasteiger partial charge in [-0.25, -0.2) is 18.9 Å². The smallest absolute Gasteiger partial charge is 0.247 e. The van der Waals surface area contributed by atoms with E-state index in [1.807, 2.05) is 12.1 Å². The fraction of sp³-hybridized carbons (Fsp3) is 0.0435. The van der Waals surface area contributed by atoms with Gasteiger partial charge in [-0.2, -0.15) is 15.2 Å². The van der Waals surface area contributed by atoms with E-state index in [-0.39, 0.29) is 11.6 Å². The SMILES string of the molecule is C=CC(=O)Nc1ccc(F)c(Nc2nc(Nc3cnn(C)c3)ncc2-c2ccn3ncnc3c2)c1. The van der Waals surface area contributed by atoms with E-state index in [1.54, 1.807) is 41.0 Å². The monoisotopic (exact) mass is 470 g/mol. The summed E-state index contributed by atoms with van der Waals surface area (Å²) < 4.78 is 18.0. The number of carbonyl (C=O) groups excluding carboxylic acids is 1. The molecule has 0 saturated heterocycles. The third-order valence-electron chi connectivity index (χ3n) is 5.01. The number of hydrogen-bond donors (Lipinski definition) is 3. The summed E-state index contributed by atoms with van der Waals surface area (Å²) in [5, 5.41) is 17.0. The number of aryl methyl sites for hydroxylation is 1. The van der Waals surface area contributed by atoms with Gasteiger partial charge in [0.15, 0.2) is 5.65 Å². The van der Waals surface area contributed by atoms with Crippen molar-refractivity contribution in [3.63, 3.8) is 0 Å². The Bertz CT molecular complexity index is 1560. The molecule has 4 aromatic heterocycles. The molecule has 0 radical (unpaired) electrons. The number of fused-ring (bicyclic) bond motifs is 1. The molecule has 12 heteroatoms. The zero-order chi connectivity index (χ0) is 24.4. The molecule has 0 aliphatic heterocycles. The highest BCUT2D eigenvalue weighted by Crippen LogP contribution is 2.32. The third-order valence-corrected chi connectivity index (χ3v) is 5.01. The highest BCUT2D eigenvalue weighted by atomic mass is 19.1. The number of amides is 1. The summed E-state index contributed by atoms with van der Waals surface area (Å²) in [4.78, 5) is 24.9. The van der Waals surface area contributed by atoms with E-state index in [0.29, 0.717) is 28.4 Å². The quantitative estimate of drug-likeness (QED) is 0.308. The first kappa shape index (κ1) is 21.7. The van der Waals surface area contributed by atoms with Gasteiger partial charge in [0.1, 0.15) is 18.0 Å². The van der Waals surface area contributed by atoms with Crippen LogP contribution in [0.25, 0.3) is 16.8 Å². The van der Waals surface area contributed by atoms with Crippen LogP contribution >= 0.6 is 0 Å². The Hall–Kier alpha value is -5.13. The summed E-state index contributed by atoms with van der Waals surface area (Å²) in [5.41, 5.74) is 3.18. The van der Waals surface area contributed by atoms with E-state index in [9.17, 15) is 9.18 Å². The maximum Gasteiger partial charge on any atom is 0.247 e. The van der Waals surface area contributed by atoms with Crippen molar-refractivity contribution in [1.82, 2.24) is 34.3 Å². The second kappa shape index (κ2) is 9.02. The Morgan fingerprint density at radius 2 is 1.97 bits per heavy atom. The molecule has 0 saturated carbocycles. The van der Waals surface area contributed by atoms with Crippen LogP contribution in [-0.4, -0.2) is 40.3 Å². The van der Waals surface area contributed by atoms with Crippen molar-refractivity contribution >= 4 is 40.4 Å². The molecule has 5 rings (SSSR count). The molecule has 174 valence electrons. The van der Waals surface area contributed by atoms with Crippen LogP contribution in [-0.2, 0) is 11.8 Å². The Morgan fingerprint density at radius 3 is 2.77 bits per heavy atom. The number of aromatic nitrogens is 7. The number of benzene rings is 1. The Balaban J connectivity index is 1.56. The summed E-state index contributed by atoms with van der Waals surface area (Å²) in [6.45, 7) is 3.43. The minimum Gasteiger partial charge on any atom is -0.337 e. The molecule has 0 unspecified atom stereocenters. The molecule has 0 fully saturated rings. The maximum atomic E-state index is 14.7. The van der Waals surface area contributed by atoms with Gasteiger partial charge in [0.25, 0.3) is 0 Å². The predicted octanol–water partition coefficient (Wildman–Crippen LogP) is 3.67. The molecule has 0 aliphatic carbocycles. The standard InChI is InChI=1S/C23H19FN10O/c1-3-21(35)29-15-4-5-18(24)19(9-15)31-22-17(14-6-7-34-20(8-14)26-13-28-34)11-25-23(32-22)30-16-10-27-33(2)12-16/h3-13H,1H2,2H3,(H,29,35)(H2,25,30,31,32). The van der Waals surface area contributed by atoms with Crippen molar-refractivity contribution in [3.05, 3.63) is 79.9 Å². The molecule has 0 atom stereocenters. The third kappa shape index (κ3) is 4.66. The highest BCUT2D eigenvalue weighted by molar-refractivity contribution is 5.99. The van der Waals surface area contributed by atoms with Crippen molar-refractivity contribution in [2.45, 2.75) is 0 Å². The van der Waals surface area contributed by atoms with Crippen molar-refractivity contribution in [1.29, 1.82) is 0 Å². The van der Waals surface area contributed by atoms with Gasteiger partial charge in [-0.1, -0.05) is 6.58 Å². The highest BCUT2D eigenvalue weighted by Gasteiger charge is 2.14. The van der Waals surface area contributed by atoms with Crippen LogP contribution in [0.5, 0.6) is 0 Å². The van der Waals surface area contributed by atoms with E-state index in [1.165, 1.54) is 24.5 Å². The predicted molar refractivity (Wildman–Crippen MR) is 129 cm³/mol. The van der Waals surface area contributed by atoms with Crippen molar-refractivity contribution in [2.24, 2.45) is 7.05 Å². The molecule has 0 spiro atoms. The van der Waals surface area contributed by atoms with Crippen LogP contribution < -0.4 is 16.0 Å². The average Bonchev–Trinajstić information content (AvgIpc) is 3.49. The number of pyridine rings is 1. The minimum absolute atomic E-state index is 0.114. The molecule has 0 aliphatic rings. The minimum atomic E-state index is -0.527. The van der Waals surface area contributed by atoms with Gasteiger partial charge in [-0.15, -0.1) is 0 Å². The zero-order valence-corrected chi connectivity index (χ0v) is 18.5. The van der Waals surface area contributed by atoms with Gasteiger partial charge < -0.3 is 16.0 Å². The Labute approximate surface area is 198 Å². The van der Waals surface area contributed by atoms with Gasteiger partial charge in [0.2, 0.25) is 11.9 Å². The van der Waals surface area contributed by atoms with Gasteiger partial charge in [-0.3, -0.25) is 9.48 Å². The first-order chi connectivity index (χ1) is 17.0. The van der Waals surface area contributed by atoms with Crippen LogP contribution in [0.15, 0.2) is 74.1 Å². The fourth-order valence-electron chi connectivity index (χ4n) is 3.37. The van der Waals surface area contributed by atoms with Crippen LogP contribution in [0.2, 0.25) is 0 Å². The molecule has 35 heavy (non-hydrogen) atoms. The Morgan fingerprint density at radius 1 is 1.09 bits per heavy atom. The maximum absolute atomic E-state index is 14.7. The van der Waals surface area contributed by atoms with Crippen molar-refractivity contribution in [2.75, 3.05) is 16.0 Å². The summed E-state index contributed by atoms with van der Waals surface area (Å²) in [7, 11) is 1.80. The van der Waals surface area contributed by atoms with Gasteiger partial charge in [0.05, 0.1) is 17.6 Å². The molecule has 4 heterocycles. The zero-order valence-electron chi connectivity index (χ0n) is 18.5. The lowest BCUT2D eigenvalue weighted by Gasteiger charge is -2.14. The number of carbonyl (C=O) groups is 1. The summed E-state index contributed by atoms with van der Waals surface area (Å²) >= 11 is 0. The van der Waals surface area contributed by atoms with E-state index in [0.717, 1.165) is 11.6 Å². The van der Waals surface area contributed by atoms with E-state index < -0.39 is 11.7 Å². The van der Waals surface area contributed by atoms with Crippen LogP contribution in [0.4, 0.5) is 33.2 Å². The number of nitrogens with zero attached hydrogens (tertiary/aromatic N) is 7. The number of nitrogens with one attached hydrogen (secondary N) is 3. The Kier molecular flexibility index (Phi) is 5.59. The van der Waals surface area contributed by atoms with E-state index in [2.05, 4.69) is 47.7 Å². The van der Waals surface area contributed by atoms with Crippen molar-refractivity contribution in [3.8, 4) is 11.1 Å². The number of anilines is 5. The normalized spacial score (nSPS) is 10.8. The molecular weight excluding hydrogens is 451 g/mol. The van der Waals surface area contributed by atoms with E-state index >= 15 is 0 Å². The largest absolute Gasteiger partial charge is 0.337 e. The van der Waals surface area contributed by atoms with Crippen LogP contribution in [0.1, 0.15) is 0 Å². The second-order valence-electron chi connectivity index (χ2n) is 7.47. The lowest BCUT2D eigenvalue weighted by molar-refractivity contribution is -0.111. The number of hydrogen-bond acceptors (Lipinski definition) is 8. The molecule has 5 aromatic rings. The second-order valence-corrected chi connectivity index (χ2v) is 7.47. The molecule has 1 aromatic carbocycles. The van der Waals surface area contributed by atoms with Crippen molar-refractivity contribution < 1.29 is 9.18 Å². The summed E-state index contributed by atoms with van der Waals surface area (Å²) in [6.07, 6.45) is 9.38. The summed E-state index contributed by atoms with van der Waals surface area (Å²) in [5.74, 6) is -0.318.